The van der Waals surface area contributed by atoms with Crippen LogP contribution in [0.15, 0.2) is 0 Å². The Labute approximate surface area is 109 Å². The lowest BCUT2D eigenvalue weighted by Crippen LogP contribution is -2.63. The van der Waals surface area contributed by atoms with E-state index in [9.17, 15) is 44.1 Å². The monoisotopic (exact) mass is 331 g/mol. The van der Waals surface area contributed by atoms with E-state index in [1.54, 1.807) is 0 Å². The summed E-state index contributed by atoms with van der Waals surface area (Å²) in [7, 11) is -5.98. The molecule has 20 heavy (non-hydrogen) atoms. The molecule has 12 heteroatoms. The lowest BCUT2D eigenvalue weighted by atomic mass is 10.1. The summed E-state index contributed by atoms with van der Waals surface area (Å²) in [4.78, 5) is 10.9. The maximum absolute atomic E-state index is 12.6. The Hall–Kier alpha value is -1.04. The zero-order valence-corrected chi connectivity index (χ0v) is 10.7. The largest absolute Gasteiger partial charge is 0.748 e. The van der Waals surface area contributed by atoms with Gasteiger partial charge in [-0.05, 0) is 6.42 Å². The quantitative estimate of drug-likeness (QED) is 0.435. The second-order valence-corrected chi connectivity index (χ2v) is 5.15. The first kappa shape index (κ1) is 19.0. The second kappa shape index (κ2) is 5.76. The van der Waals surface area contributed by atoms with Gasteiger partial charge >= 0.3 is 23.9 Å². The lowest BCUT2D eigenvalue weighted by molar-refractivity contribution is -0.361. The Morgan fingerprint density at radius 2 is 1.50 bits per heavy atom. The average Bonchev–Trinajstić information content (AvgIpc) is 2.10. The molecule has 0 N–H and O–H groups in total. The van der Waals surface area contributed by atoms with Gasteiger partial charge in [-0.1, -0.05) is 6.92 Å². The number of carbonyl (C=O) groups excluding carboxylic acids is 1. The van der Waals surface area contributed by atoms with Gasteiger partial charge in [-0.15, -0.1) is 0 Å². The smallest absolute Gasteiger partial charge is 0.438 e. The van der Waals surface area contributed by atoms with E-state index in [1.165, 1.54) is 6.92 Å². The van der Waals surface area contributed by atoms with Crippen LogP contribution in [0.3, 0.4) is 0 Å². The fourth-order valence-electron chi connectivity index (χ4n) is 1.17. The topological polar surface area (TPSA) is 83.5 Å². The molecule has 0 heterocycles. The molecule has 0 unspecified atom stereocenters. The van der Waals surface area contributed by atoms with Crippen LogP contribution in [0.1, 0.15) is 19.8 Å². The molecule has 0 bridgehead atoms. The van der Waals surface area contributed by atoms with Crippen LogP contribution in [-0.4, -0.2) is 42.6 Å². The first-order valence-corrected chi connectivity index (χ1v) is 6.53. The molecule has 0 fully saturated rings. The van der Waals surface area contributed by atoms with Gasteiger partial charge in [0.25, 0.3) is 0 Å². The van der Waals surface area contributed by atoms with Crippen LogP contribution in [-0.2, 0) is 19.6 Å². The number of ether oxygens (including phenoxy) is 1. The van der Waals surface area contributed by atoms with Gasteiger partial charge < -0.3 is 9.29 Å². The van der Waals surface area contributed by atoms with Crippen molar-refractivity contribution in [1.29, 1.82) is 0 Å². The van der Waals surface area contributed by atoms with Gasteiger partial charge in [0.05, 0.1) is 15.9 Å². The van der Waals surface area contributed by atoms with E-state index < -0.39 is 46.2 Å². The molecule has 120 valence electrons. The van der Waals surface area contributed by atoms with E-state index in [2.05, 4.69) is 4.74 Å². The van der Waals surface area contributed by atoms with E-state index >= 15 is 0 Å². The Balaban J connectivity index is 5.90. The molecular formula is C8H9F6O5S-. The van der Waals surface area contributed by atoms with Crippen molar-refractivity contribution >= 4 is 16.1 Å². The van der Waals surface area contributed by atoms with Gasteiger partial charge in [-0.25, -0.2) is 8.42 Å². The molecule has 0 aromatic heterocycles. The maximum atomic E-state index is 12.6. The van der Waals surface area contributed by atoms with Crippen LogP contribution in [0, 0.1) is 0 Å². The fourth-order valence-corrected chi connectivity index (χ4v) is 2.05. The van der Waals surface area contributed by atoms with Crippen molar-refractivity contribution in [3.05, 3.63) is 0 Å². The third-order valence-electron chi connectivity index (χ3n) is 2.04. The van der Waals surface area contributed by atoms with E-state index in [-0.39, 0.29) is 6.42 Å². The molecule has 0 rings (SSSR count). The molecule has 0 radical (unpaired) electrons. The van der Waals surface area contributed by atoms with Crippen LogP contribution in [0.25, 0.3) is 0 Å². The van der Waals surface area contributed by atoms with Crippen molar-refractivity contribution in [1.82, 2.24) is 0 Å². The molecule has 0 atom stereocenters. The summed E-state index contributed by atoms with van der Waals surface area (Å²) in [5.74, 6) is -4.88. The number of hydrogen-bond donors (Lipinski definition) is 0. The van der Waals surface area contributed by atoms with E-state index in [0.717, 1.165) is 0 Å². The fraction of sp³-hybridized carbons (Fsp3) is 0.875. The molecule has 0 aromatic carbocycles. The lowest BCUT2D eigenvalue weighted by Gasteiger charge is -2.36. The van der Waals surface area contributed by atoms with Crippen molar-refractivity contribution in [2.24, 2.45) is 0 Å². The van der Waals surface area contributed by atoms with Crippen LogP contribution < -0.4 is 0 Å². The number of esters is 1. The van der Waals surface area contributed by atoms with Gasteiger partial charge in [0.15, 0.2) is 0 Å². The highest BCUT2D eigenvalue weighted by molar-refractivity contribution is 7.85. The van der Waals surface area contributed by atoms with Gasteiger partial charge in [-0.3, -0.25) is 4.79 Å². The predicted molar refractivity (Wildman–Crippen MR) is 50.4 cm³/mol. The zero-order valence-electron chi connectivity index (χ0n) is 9.84. The highest BCUT2D eigenvalue weighted by atomic mass is 32.2. The molecule has 0 spiro atoms. The van der Waals surface area contributed by atoms with E-state index in [4.69, 9.17) is 0 Å². The molecule has 0 aromatic rings. The number of carbonyl (C=O) groups is 1. The van der Waals surface area contributed by atoms with Crippen molar-refractivity contribution in [3.63, 3.8) is 0 Å². The van der Waals surface area contributed by atoms with Gasteiger partial charge in [0.1, 0.15) is 0 Å². The molecule has 0 saturated heterocycles. The Kier molecular flexibility index (Phi) is 5.46. The Bertz CT molecular complexity index is 437. The summed E-state index contributed by atoms with van der Waals surface area (Å²) < 4.78 is 110. The van der Waals surface area contributed by atoms with Gasteiger partial charge in [-0.2, -0.15) is 26.3 Å². The summed E-state index contributed by atoms with van der Waals surface area (Å²) in [6.45, 7) is 1.27. The maximum Gasteiger partial charge on any atom is 0.438 e. The molecule has 5 nitrogen and oxygen atoms in total. The van der Waals surface area contributed by atoms with Crippen LogP contribution in [0.2, 0.25) is 0 Å². The van der Waals surface area contributed by atoms with E-state index in [1.807, 2.05) is 0 Å². The third-order valence-corrected chi connectivity index (χ3v) is 2.80. The van der Waals surface area contributed by atoms with Gasteiger partial charge in [0, 0.05) is 6.42 Å². The minimum atomic E-state index is -6.31. The minimum absolute atomic E-state index is 0.130. The van der Waals surface area contributed by atoms with Crippen molar-refractivity contribution in [3.8, 4) is 0 Å². The van der Waals surface area contributed by atoms with Crippen LogP contribution >= 0.6 is 0 Å². The van der Waals surface area contributed by atoms with Crippen LogP contribution in [0.4, 0.5) is 26.3 Å². The number of hydrogen-bond acceptors (Lipinski definition) is 5. The first-order valence-electron chi connectivity index (χ1n) is 4.95. The van der Waals surface area contributed by atoms with Gasteiger partial charge in [0.2, 0.25) is 0 Å². The number of rotatable bonds is 5. The van der Waals surface area contributed by atoms with E-state index in [0.29, 0.717) is 0 Å². The normalized spacial score (nSPS) is 14.2. The first-order chi connectivity index (χ1) is 8.66. The highest BCUT2D eigenvalue weighted by Crippen LogP contribution is 2.46. The molecule has 0 aliphatic rings. The third kappa shape index (κ3) is 4.51. The summed E-state index contributed by atoms with van der Waals surface area (Å²) in [6, 6.07) is 0. The second-order valence-electron chi connectivity index (χ2n) is 3.75. The predicted octanol–water partition coefficient (Wildman–Crippen LogP) is 1.74. The summed E-state index contributed by atoms with van der Waals surface area (Å²) >= 11 is 0. The van der Waals surface area contributed by atoms with Crippen molar-refractivity contribution < 1.29 is 48.8 Å². The van der Waals surface area contributed by atoms with Crippen LogP contribution in [0.5, 0.6) is 0 Å². The summed E-state index contributed by atoms with van der Waals surface area (Å²) in [6.07, 6.45) is -13.6. The molecule has 0 aliphatic heterocycles. The van der Waals surface area contributed by atoms with Crippen molar-refractivity contribution in [2.45, 2.75) is 37.7 Å². The Morgan fingerprint density at radius 3 is 1.75 bits per heavy atom. The molecule has 0 aliphatic carbocycles. The highest BCUT2D eigenvalue weighted by Gasteiger charge is 2.75. The minimum Gasteiger partial charge on any atom is -0.748 e. The molecule has 0 amide bonds. The number of halogens is 6. The zero-order chi connectivity index (χ0) is 16.4. The SMILES string of the molecule is CCCC(=O)OC(CS(=O)(=O)[O-])(C(F)(F)F)C(F)(F)F. The number of alkyl halides is 6. The summed E-state index contributed by atoms with van der Waals surface area (Å²) in [5.41, 5.74) is -5.37. The Morgan fingerprint density at radius 1 is 1.10 bits per heavy atom. The summed E-state index contributed by atoms with van der Waals surface area (Å²) in [5, 5.41) is 0. The molecule has 0 saturated carbocycles. The van der Waals surface area contributed by atoms with Crippen molar-refractivity contribution in [2.75, 3.05) is 5.75 Å². The standard InChI is InChI=1S/C8H10F6O5S/c1-2-3-5(15)19-6(7(9,10)11,8(12,13)14)4-20(16,17)18/h2-4H2,1H3,(H,16,17,18)/p-1. The average molecular weight is 331 g/mol. The molecular weight excluding hydrogens is 322 g/mol.